The van der Waals surface area contributed by atoms with Gasteiger partial charge in [-0.15, -0.1) is 11.3 Å². The van der Waals surface area contributed by atoms with Crippen LogP contribution in [0, 0.1) is 0 Å². The van der Waals surface area contributed by atoms with Crippen LogP contribution < -0.4 is 5.32 Å². The van der Waals surface area contributed by atoms with Crippen LogP contribution in [0.25, 0.3) is 0 Å². The second-order valence-corrected chi connectivity index (χ2v) is 4.89. The van der Waals surface area contributed by atoms with Crippen LogP contribution >= 0.6 is 11.3 Å². The fraction of sp³-hybridized carbons (Fsp3) is 0.231. The van der Waals surface area contributed by atoms with E-state index in [0.29, 0.717) is 0 Å². The number of rotatable bonds is 5. The topological polar surface area (TPSA) is 81.2 Å². The minimum Gasteiger partial charge on any atom is -0.469 e. The molecule has 2 heterocycles. The van der Waals surface area contributed by atoms with Crippen molar-refractivity contribution in [2.45, 2.75) is 12.5 Å². The molecule has 0 aliphatic heterocycles. The second kappa shape index (κ2) is 6.76. The molecule has 7 heteroatoms. The highest BCUT2D eigenvalue weighted by atomic mass is 32.1. The number of nitrogens with one attached hydrogen (secondary N) is 1. The Morgan fingerprint density at radius 3 is 2.90 bits per heavy atom. The van der Waals surface area contributed by atoms with Crippen LogP contribution in [0.3, 0.4) is 0 Å². The first-order valence-corrected chi connectivity index (χ1v) is 6.75. The third-order valence-electron chi connectivity index (χ3n) is 2.59. The van der Waals surface area contributed by atoms with E-state index in [2.05, 4.69) is 20.0 Å². The first-order chi connectivity index (χ1) is 9.70. The number of hydrogen-bond donors (Lipinski definition) is 1. The van der Waals surface area contributed by atoms with Crippen molar-refractivity contribution in [3.63, 3.8) is 0 Å². The van der Waals surface area contributed by atoms with Gasteiger partial charge < -0.3 is 10.1 Å². The van der Waals surface area contributed by atoms with Crippen LogP contribution in [-0.2, 0) is 9.53 Å². The molecular weight excluding hydrogens is 278 g/mol. The Hall–Kier alpha value is -2.28. The highest BCUT2D eigenvalue weighted by Gasteiger charge is 2.21. The minimum atomic E-state index is -0.433. The molecule has 0 fully saturated rings. The summed E-state index contributed by atoms with van der Waals surface area (Å²) in [6.07, 6.45) is 4.37. The lowest BCUT2D eigenvalue weighted by atomic mass is 10.1. The largest absolute Gasteiger partial charge is 0.469 e. The summed E-state index contributed by atoms with van der Waals surface area (Å²) in [4.78, 5) is 32.1. The van der Waals surface area contributed by atoms with Gasteiger partial charge in [-0.05, 0) is 11.4 Å². The van der Waals surface area contributed by atoms with Gasteiger partial charge >= 0.3 is 5.97 Å². The predicted octanol–water partition coefficient (Wildman–Crippen LogP) is 1.57. The summed E-state index contributed by atoms with van der Waals surface area (Å²) in [6, 6.07) is 3.28. The summed E-state index contributed by atoms with van der Waals surface area (Å²) in [7, 11) is 1.32. The molecule has 0 radical (unpaired) electrons. The highest BCUT2D eigenvalue weighted by Crippen LogP contribution is 2.22. The van der Waals surface area contributed by atoms with Gasteiger partial charge in [-0.1, -0.05) is 6.07 Å². The Labute approximate surface area is 119 Å². The van der Waals surface area contributed by atoms with Crippen LogP contribution in [0.5, 0.6) is 0 Å². The van der Waals surface area contributed by atoms with Gasteiger partial charge in [-0.3, -0.25) is 14.6 Å². The first kappa shape index (κ1) is 14.1. The van der Waals surface area contributed by atoms with E-state index in [1.54, 1.807) is 0 Å². The van der Waals surface area contributed by atoms with E-state index in [1.807, 2.05) is 17.5 Å². The third-order valence-corrected chi connectivity index (χ3v) is 3.57. The van der Waals surface area contributed by atoms with Gasteiger partial charge in [0, 0.05) is 17.3 Å². The number of carbonyl (C=O) groups is 2. The van der Waals surface area contributed by atoms with Crippen molar-refractivity contribution in [2.24, 2.45) is 0 Å². The van der Waals surface area contributed by atoms with Crippen LogP contribution in [0.2, 0.25) is 0 Å². The van der Waals surface area contributed by atoms with Crippen molar-refractivity contribution in [2.75, 3.05) is 7.11 Å². The quantitative estimate of drug-likeness (QED) is 0.846. The molecule has 2 rings (SSSR count). The van der Waals surface area contributed by atoms with Gasteiger partial charge in [-0.2, -0.15) is 0 Å². The zero-order valence-electron chi connectivity index (χ0n) is 10.8. The van der Waals surface area contributed by atoms with Crippen LogP contribution in [0.1, 0.15) is 27.8 Å². The number of esters is 1. The van der Waals surface area contributed by atoms with E-state index in [0.717, 1.165) is 4.88 Å². The molecule has 0 saturated heterocycles. The van der Waals surface area contributed by atoms with Crippen molar-refractivity contribution in [3.8, 4) is 0 Å². The van der Waals surface area contributed by atoms with Gasteiger partial charge in [0.05, 0.1) is 25.8 Å². The number of aromatic nitrogens is 2. The van der Waals surface area contributed by atoms with Gasteiger partial charge in [0.2, 0.25) is 0 Å². The van der Waals surface area contributed by atoms with E-state index in [1.165, 1.54) is 37.0 Å². The zero-order chi connectivity index (χ0) is 14.4. The highest BCUT2D eigenvalue weighted by molar-refractivity contribution is 7.10. The maximum Gasteiger partial charge on any atom is 0.307 e. The molecule has 1 amide bonds. The molecule has 2 aromatic rings. The number of nitrogens with zero attached hydrogens (tertiary/aromatic N) is 2. The van der Waals surface area contributed by atoms with Crippen molar-refractivity contribution in [1.82, 2.24) is 15.3 Å². The molecular formula is C13H13N3O3S. The lowest BCUT2D eigenvalue weighted by Crippen LogP contribution is -2.30. The molecule has 0 aromatic carbocycles. The summed E-state index contributed by atoms with van der Waals surface area (Å²) in [5, 5.41) is 4.65. The maximum atomic E-state index is 12.1. The number of hydrogen-bond acceptors (Lipinski definition) is 6. The summed E-state index contributed by atoms with van der Waals surface area (Å²) in [6.45, 7) is 0. The molecule has 20 heavy (non-hydrogen) atoms. The molecule has 1 atom stereocenters. The van der Waals surface area contributed by atoms with E-state index in [9.17, 15) is 9.59 Å². The van der Waals surface area contributed by atoms with Crippen LogP contribution in [0.15, 0.2) is 36.1 Å². The average Bonchev–Trinajstić information content (AvgIpc) is 3.01. The standard InChI is InChI=1S/C13H13N3O3S/c1-19-12(17)7-9(11-3-2-6-20-11)16-13(18)10-8-14-4-5-15-10/h2-6,8-9H,7H2,1H3,(H,16,18)/t9-/m1/s1. The van der Waals surface area contributed by atoms with Crippen LogP contribution in [0.4, 0.5) is 0 Å². The molecule has 0 aliphatic rings. The van der Waals surface area contributed by atoms with Gasteiger partial charge in [0.15, 0.2) is 0 Å². The molecule has 6 nitrogen and oxygen atoms in total. The Morgan fingerprint density at radius 1 is 1.45 bits per heavy atom. The van der Waals surface area contributed by atoms with E-state index in [-0.39, 0.29) is 24.0 Å². The Kier molecular flexibility index (Phi) is 4.78. The van der Waals surface area contributed by atoms with Gasteiger partial charge in [0.1, 0.15) is 5.69 Å². The lowest BCUT2D eigenvalue weighted by Gasteiger charge is -2.15. The number of thiophene rings is 1. The normalized spacial score (nSPS) is 11.7. The molecule has 0 saturated carbocycles. The SMILES string of the molecule is COC(=O)C[C@@H](NC(=O)c1cnccn1)c1cccs1. The molecule has 2 aromatic heterocycles. The zero-order valence-corrected chi connectivity index (χ0v) is 11.6. The minimum absolute atomic E-state index is 0.0724. The van der Waals surface area contributed by atoms with E-state index < -0.39 is 6.04 Å². The average molecular weight is 291 g/mol. The Morgan fingerprint density at radius 2 is 2.30 bits per heavy atom. The van der Waals surface area contributed by atoms with Crippen LogP contribution in [-0.4, -0.2) is 29.0 Å². The third kappa shape index (κ3) is 3.61. The van der Waals surface area contributed by atoms with Crippen molar-refractivity contribution < 1.29 is 14.3 Å². The summed E-state index contributed by atoms with van der Waals surface area (Å²) >= 11 is 1.46. The monoisotopic (exact) mass is 291 g/mol. The first-order valence-electron chi connectivity index (χ1n) is 5.88. The second-order valence-electron chi connectivity index (χ2n) is 3.91. The smallest absolute Gasteiger partial charge is 0.307 e. The summed E-state index contributed by atoms with van der Waals surface area (Å²) in [5.74, 6) is -0.761. The molecule has 104 valence electrons. The van der Waals surface area contributed by atoms with E-state index in [4.69, 9.17) is 0 Å². The maximum absolute atomic E-state index is 12.1. The van der Waals surface area contributed by atoms with Crippen molar-refractivity contribution in [1.29, 1.82) is 0 Å². The molecule has 0 aliphatic carbocycles. The van der Waals surface area contributed by atoms with Crippen molar-refractivity contribution >= 4 is 23.2 Å². The summed E-state index contributed by atoms with van der Waals surface area (Å²) < 4.78 is 4.65. The number of amides is 1. The molecule has 0 bridgehead atoms. The number of carbonyl (C=O) groups excluding carboxylic acids is 2. The fourth-order valence-corrected chi connectivity index (χ4v) is 2.39. The lowest BCUT2D eigenvalue weighted by molar-refractivity contribution is -0.141. The fourth-order valence-electron chi connectivity index (χ4n) is 1.61. The van der Waals surface area contributed by atoms with Gasteiger partial charge in [-0.25, -0.2) is 4.98 Å². The Balaban J connectivity index is 2.12. The number of methoxy groups -OCH3 is 1. The van der Waals surface area contributed by atoms with E-state index >= 15 is 0 Å². The van der Waals surface area contributed by atoms with Gasteiger partial charge in [0.25, 0.3) is 5.91 Å². The summed E-state index contributed by atoms with van der Waals surface area (Å²) in [5.41, 5.74) is 0.207. The Bertz CT molecular complexity index is 572. The molecule has 1 N–H and O–H groups in total. The molecule has 0 spiro atoms. The predicted molar refractivity (Wildman–Crippen MR) is 73.2 cm³/mol. The molecule has 0 unspecified atom stereocenters. The van der Waals surface area contributed by atoms with Crippen molar-refractivity contribution in [3.05, 3.63) is 46.7 Å². The number of ether oxygens (including phenoxy) is 1.